The Labute approximate surface area is 165 Å². The maximum Gasteiger partial charge on any atom is 0.254 e. The molecule has 0 fully saturated rings. The van der Waals surface area contributed by atoms with Crippen molar-refractivity contribution in [2.45, 2.75) is 13.0 Å². The number of carbonyl (C=O) groups is 1. The Morgan fingerprint density at radius 3 is 2.75 bits per heavy atom. The van der Waals surface area contributed by atoms with Crippen molar-refractivity contribution in [3.8, 4) is 17.3 Å². The number of benzene rings is 1. The first-order chi connectivity index (χ1) is 13.7. The van der Waals surface area contributed by atoms with Gasteiger partial charge in [0.1, 0.15) is 5.75 Å². The van der Waals surface area contributed by atoms with Crippen molar-refractivity contribution in [3.05, 3.63) is 70.6 Å². The molecule has 0 amide bonds. The van der Waals surface area contributed by atoms with E-state index in [1.54, 1.807) is 36.8 Å². The topological polar surface area (TPSA) is 82.2 Å². The van der Waals surface area contributed by atoms with Gasteiger partial charge >= 0.3 is 0 Å². The molecule has 7 nitrogen and oxygen atoms in total. The van der Waals surface area contributed by atoms with Crippen LogP contribution in [0.4, 0.5) is 5.95 Å². The zero-order valence-corrected chi connectivity index (χ0v) is 16.0. The van der Waals surface area contributed by atoms with E-state index in [4.69, 9.17) is 9.15 Å². The molecule has 0 unspecified atom stereocenters. The molecule has 0 atom stereocenters. The fourth-order valence-electron chi connectivity index (χ4n) is 2.68. The van der Waals surface area contributed by atoms with E-state index >= 15 is 0 Å². The number of aromatic nitrogens is 3. The van der Waals surface area contributed by atoms with Crippen LogP contribution in [0.25, 0.3) is 11.6 Å². The SMILES string of the molecule is COc1ccc(CC(=O)n2nc(-c3ccco3)nc2NCc2cccs2)cc1. The van der Waals surface area contributed by atoms with E-state index in [0.717, 1.165) is 16.2 Å². The number of nitrogens with one attached hydrogen (secondary N) is 1. The molecule has 4 aromatic rings. The van der Waals surface area contributed by atoms with Crippen molar-refractivity contribution in [1.82, 2.24) is 14.8 Å². The molecule has 0 spiro atoms. The van der Waals surface area contributed by atoms with Gasteiger partial charge in [0.15, 0.2) is 5.76 Å². The van der Waals surface area contributed by atoms with Gasteiger partial charge in [0, 0.05) is 4.88 Å². The largest absolute Gasteiger partial charge is 0.497 e. The summed E-state index contributed by atoms with van der Waals surface area (Å²) in [5, 5.41) is 9.57. The average molecular weight is 394 g/mol. The first-order valence-corrected chi connectivity index (χ1v) is 9.54. The highest BCUT2D eigenvalue weighted by Crippen LogP contribution is 2.20. The standard InChI is InChI=1S/C20H18N4O3S/c1-26-15-8-6-14(7-9-15)12-18(25)24-20(21-13-16-4-3-11-28-16)22-19(23-24)17-5-2-10-27-17/h2-11H,12-13H2,1H3,(H,21,22,23). The fraction of sp³-hybridized carbons (Fsp3) is 0.150. The minimum atomic E-state index is -0.191. The molecule has 0 aliphatic carbocycles. The minimum Gasteiger partial charge on any atom is -0.497 e. The predicted molar refractivity (Wildman–Crippen MR) is 107 cm³/mol. The van der Waals surface area contributed by atoms with Crippen LogP contribution >= 0.6 is 11.3 Å². The zero-order chi connectivity index (χ0) is 19.3. The van der Waals surface area contributed by atoms with Crippen molar-refractivity contribution >= 4 is 23.2 Å². The molecule has 0 saturated heterocycles. The minimum absolute atomic E-state index is 0.191. The summed E-state index contributed by atoms with van der Waals surface area (Å²) in [5.74, 6) is 1.81. The summed E-state index contributed by atoms with van der Waals surface area (Å²) >= 11 is 1.63. The highest BCUT2D eigenvalue weighted by atomic mass is 32.1. The van der Waals surface area contributed by atoms with Gasteiger partial charge in [0.25, 0.3) is 5.91 Å². The van der Waals surface area contributed by atoms with E-state index in [1.807, 2.05) is 41.8 Å². The number of methoxy groups -OCH3 is 1. The maximum absolute atomic E-state index is 12.9. The molecule has 1 aromatic carbocycles. The Morgan fingerprint density at radius 2 is 2.07 bits per heavy atom. The highest BCUT2D eigenvalue weighted by Gasteiger charge is 2.19. The second-order valence-electron chi connectivity index (χ2n) is 6.00. The summed E-state index contributed by atoms with van der Waals surface area (Å²) in [4.78, 5) is 18.5. The number of hydrogen-bond donors (Lipinski definition) is 1. The summed E-state index contributed by atoms with van der Waals surface area (Å²) in [6, 6.07) is 14.9. The van der Waals surface area contributed by atoms with Crippen LogP contribution in [0.3, 0.4) is 0 Å². The summed E-state index contributed by atoms with van der Waals surface area (Å²) < 4.78 is 11.8. The summed E-state index contributed by atoms with van der Waals surface area (Å²) in [6.45, 7) is 0.559. The van der Waals surface area contributed by atoms with Gasteiger partial charge in [-0.25, -0.2) is 0 Å². The number of hydrogen-bond acceptors (Lipinski definition) is 7. The third-order valence-electron chi connectivity index (χ3n) is 4.10. The quantitative estimate of drug-likeness (QED) is 0.508. The zero-order valence-electron chi connectivity index (χ0n) is 15.2. The van der Waals surface area contributed by atoms with Gasteiger partial charge in [0.05, 0.1) is 26.3 Å². The van der Waals surface area contributed by atoms with Crippen LogP contribution in [0.15, 0.2) is 64.6 Å². The number of nitrogens with zero attached hydrogens (tertiary/aromatic N) is 3. The van der Waals surface area contributed by atoms with Gasteiger partial charge in [0.2, 0.25) is 11.8 Å². The Hall–Kier alpha value is -3.39. The van der Waals surface area contributed by atoms with E-state index < -0.39 is 0 Å². The molecule has 0 aliphatic heterocycles. The van der Waals surface area contributed by atoms with Gasteiger partial charge in [-0.05, 0) is 41.3 Å². The molecule has 0 aliphatic rings. The smallest absolute Gasteiger partial charge is 0.254 e. The highest BCUT2D eigenvalue weighted by molar-refractivity contribution is 7.09. The predicted octanol–water partition coefficient (Wildman–Crippen LogP) is 4.10. The van der Waals surface area contributed by atoms with Crippen LogP contribution in [-0.2, 0) is 13.0 Å². The molecule has 0 saturated carbocycles. The Balaban J connectivity index is 1.58. The van der Waals surface area contributed by atoms with Gasteiger partial charge in [-0.15, -0.1) is 16.4 Å². The number of thiophene rings is 1. The third kappa shape index (κ3) is 3.96. The van der Waals surface area contributed by atoms with E-state index in [1.165, 1.54) is 4.68 Å². The molecule has 3 heterocycles. The summed E-state index contributed by atoms with van der Waals surface area (Å²) in [6.07, 6.45) is 1.74. The van der Waals surface area contributed by atoms with Crippen LogP contribution in [0.1, 0.15) is 15.2 Å². The lowest BCUT2D eigenvalue weighted by molar-refractivity contribution is 0.0901. The first kappa shape index (κ1) is 18.0. The first-order valence-electron chi connectivity index (χ1n) is 8.66. The second-order valence-corrected chi connectivity index (χ2v) is 7.03. The van der Waals surface area contributed by atoms with Crippen LogP contribution in [0.2, 0.25) is 0 Å². The molecule has 3 aromatic heterocycles. The lowest BCUT2D eigenvalue weighted by Gasteiger charge is -2.07. The Morgan fingerprint density at radius 1 is 1.21 bits per heavy atom. The Bertz CT molecular complexity index is 1040. The van der Waals surface area contributed by atoms with Gasteiger partial charge < -0.3 is 14.5 Å². The van der Waals surface area contributed by atoms with E-state index in [9.17, 15) is 4.79 Å². The van der Waals surface area contributed by atoms with Crippen LogP contribution < -0.4 is 10.1 Å². The van der Waals surface area contributed by atoms with Crippen molar-refractivity contribution in [3.63, 3.8) is 0 Å². The fourth-order valence-corrected chi connectivity index (χ4v) is 3.33. The monoisotopic (exact) mass is 394 g/mol. The maximum atomic E-state index is 12.9. The van der Waals surface area contributed by atoms with Crippen molar-refractivity contribution in [1.29, 1.82) is 0 Å². The molecule has 1 N–H and O–H groups in total. The lowest BCUT2D eigenvalue weighted by Crippen LogP contribution is -2.18. The molecule has 8 heteroatoms. The average Bonchev–Trinajstić information content (AvgIpc) is 3.48. The van der Waals surface area contributed by atoms with Crippen molar-refractivity contribution in [2.75, 3.05) is 12.4 Å². The molecule has 0 bridgehead atoms. The van der Waals surface area contributed by atoms with Crippen LogP contribution in [-0.4, -0.2) is 27.8 Å². The number of furan rings is 1. The summed E-state index contributed by atoms with van der Waals surface area (Å²) in [5.41, 5.74) is 0.866. The Kier molecular flexibility index (Phi) is 5.20. The second kappa shape index (κ2) is 8.10. The van der Waals surface area contributed by atoms with E-state index in [0.29, 0.717) is 24.1 Å². The molecular weight excluding hydrogens is 376 g/mol. The van der Waals surface area contributed by atoms with Crippen molar-refractivity contribution in [2.24, 2.45) is 0 Å². The number of anilines is 1. The normalized spacial score (nSPS) is 10.8. The van der Waals surface area contributed by atoms with Gasteiger partial charge in [-0.1, -0.05) is 18.2 Å². The molecule has 4 rings (SSSR count). The van der Waals surface area contributed by atoms with E-state index in [2.05, 4.69) is 15.4 Å². The third-order valence-corrected chi connectivity index (χ3v) is 4.98. The lowest BCUT2D eigenvalue weighted by atomic mass is 10.1. The molecule has 28 heavy (non-hydrogen) atoms. The van der Waals surface area contributed by atoms with Crippen LogP contribution in [0.5, 0.6) is 5.75 Å². The molecule has 142 valence electrons. The number of ether oxygens (including phenoxy) is 1. The summed E-state index contributed by atoms with van der Waals surface area (Å²) in [7, 11) is 1.61. The number of carbonyl (C=O) groups excluding carboxylic acids is 1. The molecular formula is C20H18N4O3S. The van der Waals surface area contributed by atoms with Gasteiger partial charge in [-0.2, -0.15) is 9.67 Å². The molecule has 0 radical (unpaired) electrons. The number of rotatable bonds is 7. The van der Waals surface area contributed by atoms with Gasteiger partial charge in [-0.3, -0.25) is 4.79 Å². The van der Waals surface area contributed by atoms with E-state index in [-0.39, 0.29) is 12.3 Å². The van der Waals surface area contributed by atoms with Crippen LogP contribution in [0, 0.1) is 0 Å². The van der Waals surface area contributed by atoms with Crippen molar-refractivity contribution < 1.29 is 13.9 Å².